The number of amides is 1. The summed E-state index contributed by atoms with van der Waals surface area (Å²) in [7, 11) is -3.29. The summed E-state index contributed by atoms with van der Waals surface area (Å²) in [6, 6.07) is 4.95. The molecule has 3 rings (SSSR count). The van der Waals surface area contributed by atoms with Gasteiger partial charge in [-0.15, -0.1) is 11.3 Å². The standard InChI is InChI=1S/C14H12BrClN2O3S2/c15-10-2-1-9(7-11(10)16)14(19)18-4-6-23(20,21)12(8-18)13-17-3-5-22-13/h1-3,5,7,12H,4,6,8H2. The highest BCUT2D eigenvalue weighted by molar-refractivity contribution is 9.10. The molecule has 2 heterocycles. The molecule has 9 heteroatoms. The van der Waals surface area contributed by atoms with Gasteiger partial charge >= 0.3 is 0 Å². The molecule has 0 aliphatic carbocycles. The largest absolute Gasteiger partial charge is 0.336 e. The number of hydrogen-bond donors (Lipinski definition) is 0. The molecular weight excluding hydrogens is 424 g/mol. The summed E-state index contributed by atoms with van der Waals surface area (Å²) in [5.41, 5.74) is 0.440. The van der Waals surface area contributed by atoms with Crippen LogP contribution in [0.1, 0.15) is 20.6 Å². The first-order valence-electron chi connectivity index (χ1n) is 6.74. The second kappa shape index (κ2) is 6.51. The van der Waals surface area contributed by atoms with Gasteiger partial charge in [-0.3, -0.25) is 4.79 Å². The lowest BCUT2D eigenvalue weighted by Gasteiger charge is -2.31. The van der Waals surface area contributed by atoms with Crippen molar-refractivity contribution < 1.29 is 13.2 Å². The van der Waals surface area contributed by atoms with Crippen LogP contribution in [0, 0.1) is 0 Å². The van der Waals surface area contributed by atoms with Gasteiger partial charge in [-0.2, -0.15) is 0 Å². The van der Waals surface area contributed by atoms with E-state index in [2.05, 4.69) is 20.9 Å². The molecule has 0 bridgehead atoms. The summed E-state index contributed by atoms with van der Waals surface area (Å²) in [6.45, 7) is 0.291. The number of benzene rings is 1. The zero-order chi connectivity index (χ0) is 16.6. The highest BCUT2D eigenvalue weighted by Crippen LogP contribution is 2.30. The average molecular weight is 436 g/mol. The molecule has 1 fully saturated rings. The molecule has 2 aromatic rings. The molecule has 1 saturated heterocycles. The Labute approximate surface area is 151 Å². The van der Waals surface area contributed by atoms with Gasteiger partial charge in [-0.05, 0) is 34.1 Å². The maximum absolute atomic E-state index is 12.6. The molecule has 5 nitrogen and oxygen atoms in total. The Morgan fingerprint density at radius 3 is 2.87 bits per heavy atom. The van der Waals surface area contributed by atoms with E-state index in [1.165, 1.54) is 11.3 Å². The fraction of sp³-hybridized carbons (Fsp3) is 0.286. The maximum atomic E-state index is 12.6. The van der Waals surface area contributed by atoms with E-state index in [9.17, 15) is 13.2 Å². The molecule has 23 heavy (non-hydrogen) atoms. The van der Waals surface area contributed by atoms with Crippen LogP contribution in [-0.2, 0) is 9.84 Å². The van der Waals surface area contributed by atoms with E-state index in [1.807, 2.05) is 0 Å². The van der Waals surface area contributed by atoms with Crippen LogP contribution in [0.2, 0.25) is 5.02 Å². The Morgan fingerprint density at radius 2 is 2.22 bits per heavy atom. The summed E-state index contributed by atoms with van der Waals surface area (Å²) in [5, 5.41) is 1.94. The second-order valence-electron chi connectivity index (χ2n) is 5.11. The van der Waals surface area contributed by atoms with E-state index in [-0.39, 0.29) is 24.7 Å². The van der Waals surface area contributed by atoms with Gasteiger partial charge in [-0.25, -0.2) is 13.4 Å². The van der Waals surface area contributed by atoms with E-state index in [4.69, 9.17) is 11.6 Å². The number of carbonyl (C=O) groups excluding carboxylic acids is 1. The maximum Gasteiger partial charge on any atom is 0.253 e. The highest BCUT2D eigenvalue weighted by atomic mass is 79.9. The molecule has 0 N–H and O–H groups in total. The molecule has 1 aliphatic rings. The minimum Gasteiger partial charge on any atom is -0.336 e. The third-order valence-electron chi connectivity index (χ3n) is 3.65. The van der Waals surface area contributed by atoms with Crippen LogP contribution in [0.4, 0.5) is 0 Å². The van der Waals surface area contributed by atoms with Crippen molar-refractivity contribution in [3.8, 4) is 0 Å². The van der Waals surface area contributed by atoms with Crippen LogP contribution < -0.4 is 0 Å². The molecule has 122 valence electrons. The van der Waals surface area contributed by atoms with E-state index in [0.29, 0.717) is 20.1 Å². The zero-order valence-electron chi connectivity index (χ0n) is 11.8. The summed E-state index contributed by atoms with van der Waals surface area (Å²) in [5.74, 6) is -0.288. The predicted octanol–water partition coefficient (Wildman–Crippen LogP) is 3.17. The normalized spacial score (nSPS) is 20.4. The third kappa shape index (κ3) is 3.45. The van der Waals surface area contributed by atoms with Crippen molar-refractivity contribution in [1.82, 2.24) is 9.88 Å². The minimum absolute atomic E-state index is 0.0623. The van der Waals surface area contributed by atoms with Crippen molar-refractivity contribution in [3.05, 3.63) is 49.8 Å². The van der Waals surface area contributed by atoms with Crippen molar-refractivity contribution in [2.24, 2.45) is 0 Å². The lowest BCUT2D eigenvalue weighted by Crippen LogP contribution is -2.45. The number of aromatic nitrogens is 1. The monoisotopic (exact) mass is 434 g/mol. The van der Waals surface area contributed by atoms with Crippen LogP contribution in [-0.4, -0.2) is 43.1 Å². The molecular formula is C14H12BrClN2O3S2. The Morgan fingerprint density at radius 1 is 1.43 bits per heavy atom. The second-order valence-corrected chi connectivity index (χ2v) is 9.60. The van der Waals surface area contributed by atoms with Crippen molar-refractivity contribution >= 4 is 54.6 Å². The van der Waals surface area contributed by atoms with Gasteiger partial charge in [0.05, 0.1) is 10.8 Å². The zero-order valence-corrected chi connectivity index (χ0v) is 15.8. The van der Waals surface area contributed by atoms with Crippen molar-refractivity contribution in [2.75, 3.05) is 18.8 Å². The van der Waals surface area contributed by atoms with Crippen LogP contribution in [0.25, 0.3) is 0 Å². The first-order chi connectivity index (χ1) is 10.9. The number of hydrogen-bond acceptors (Lipinski definition) is 5. The van der Waals surface area contributed by atoms with Gasteiger partial charge in [0.15, 0.2) is 9.84 Å². The molecule has 0 spiro atoms. The molecule has 1 amide bonds. The van der Waals surface area contributed by atoms with Crippen LogP contribution in [0.15, 0.2) is 34.2 Å². The molecule has 1 aliphatic heterocycles. The number of rotatable bonds is 2. The lowest BCUT2D eigenvalue weighted by molar-refractivity contribution is 0.0758. The third-order valence-corrected chi connectivity index (χ3v) is 7.91. The summed E-state index contributed by atoms with van der Waals surface area (Å²) >= 11 is 10.6. The number of carbonyl (C=O) groups is 1. The lowest BCUT2D eigenvalue weighted by atomic mass is 10.2. The molecule has 0 saturated carbocycles. The fourth-order valence-corrected chi connectivity index (χ4v) is 5.58. The molecule has 1 unspecified atom stereocenters. The first kappa shape index (κ1) is 16.9. The van der Waals surface area contributed by atoms with Crippen molar-refractivity contribution in [2.45, 2.75) is 5.25 Å². The van der Waals surface area contributed by atoms with Gasteiger partial charge < -0.3 is 4.90 Å². The highest BCUT2D eigenvalue weighted by Gasteiger charge is 2.37. The molecule has 1 atom stereocenters. The van der Waals surface area contributed by atoms with E-state index < -0.39 is 15.1 Å². The molecule has 0 radical (unpaired) electrons. The van der Waals surface area contributed by atoms with Gasteiger partial charge in [0.2, 0.25) is 0 Å². The molecule has 1 aromatic carbocycles. The summed E-state index contributed by atoms with van der Waals surface area (Å²) in [6.07, 6.45) is 1.57. The Hall–Kier alpha value is -0.960. The number of sulfone groups is 1. The quantitative estimate of drug-likeness (QED) is 0.726. The predicted molar refractivity (Wildman–Crippen MR) is 93.7 cm³/mol. The van der Waals surface area contributed by atoms with Gasteiger partial charge in [0.1, 0.15) is 10.3 Å². The van der Waals surface area contributed by atoms with Crippen molar-refractivity contribution in [3.63, 3.8) is 0 Å². The number of thiazole rings is 1. The topological polar surface area (TPSA) is 67.3 Å². The molecule has 1 aromatic heterocycles. The SMILES string of the molecule is O=C(c1ccc(Br)c(Cl)c1)N1CCS(=O)(=O)C(c2nccs2)C1. The number of halogens is 2. The van der Waals surface area contributed by atoms with Crippen molar-refractivity contribution in [1.29, 1.82) is 0 Å². The van der Waals surface area contributed by atoms with Crippen LogP contribution >= 0.6 is 38.9 Å². The summed E-state index contributed by atoms with van der Waals surface area (Å²) in [4.78, 5) is 18.3. The van der Waals surface area contributed by atoms with E-state index in [0.717, 1.165) is 0 Å². The van der Waals surface area contributed by atoms with E-state index in [1.54, 1.807) is 34.7 Å². The number of nitrogens with zero attached hydrogens (tertiary/aromatic N) is 2. The Balaban J connectivity index is 1.86. The average Bonchev–Trinajstić information content (AvgIpc) is 3.03. The van der Waals surface area contributed by atoms with Gasteiger partial charge in [0, 0.05) is 34.7 Å². The van der Waals surface area contributed by atoms with E-state index >= 15 is 0 Å². The smallest absolute Gasteiger partial charge is 0.253 e. The fourth-order valence-electron chi connectivity index (χ4n) is 2.41. The van der Waals surface area contributed by atoms with Crippen LogP contribution in [0.5, 0.6) is 0 Å². The summed E-state index contributed by atoms with van der Waals surface area (Å²) < 4.78 is 25.3. The van der Waals surface area contributed by atoms with Gasteiger partial charge in [-0.1, -0.05) is 11.6 Å². The minimum atomic E-state index is -3.29. The Bertz CT molecular complexity index is 840. The van der Waals surface area contributed by atoms with Gasteiger partial charge in [0.25, 0.3) is 5.91 Å². The van der Waals surface area contributed by atoms with Crippen LogP contribution in [0.3, 0.4) is 0 Å². The first-order valence-corrected chi connectivity index (χ1v) is 10.5. The Kier molecular flexibility index (Phi) is 4.78.